The molecule has 146 valence electrons. The minimum absolute atomic E-state index is 0.00176. The number of carbonyl (C=O) groups is 1. The molecular weight excluding hydrogens is 367 g/mol. The third-order valence-electron chi connectivity index (χ3n) is 5.27. The van der Waals surface area contributed by atoms with Crippen molar-refractivity contribution >= 4 is 16.9 Å². The lowest BCUT2D eigenvalue weighted by atomic mass is 10.1. The molecule has 0 aliphatic heterocycles. The molecule has 2 atom stereocenters. The summed E-state index contributed by atoms with van der Waals surface area (Å²) in [5.41, 5.74) is 2.07. The zero-order chi connectivity index (χ0) is 19.9. The summed E-state index contributed by atoms with van der Waals surface area (Å²) >= 11 is 0. The van der Waals surface area contributed by atoms with E-state index >= 15 is 0 Å². The highest BCUT2D eigenvalue weighted by Crippen LogP contribution is 2.47. The van der Waals surface area contributed by atoms with Gasteiger partial charge in [-0.25, -0.2) is 4.98 Å². The maximum atomic E-state index is 12.7. The molecule has 1 N–H and O–H groups in total. The molecule has 1 aliphatic carbocycles. The molecule has 0 bridgehead atoms. The number of amides is 1. The smallest absolute Gasteiger partial charge is 0.354 e. The number of aryl methyl sites for hydroxylation is 1. The maximum absolute atomic E-state index is 12.7. The fourth-order valence-electron chi connectivity index (χ4n) is 3.67. The highest BCUT2D eigenvalue weighted by molar-refractivity contribution is 5.83. The number of nitrogens with zero attached hydrogens (tertiary/aromatic N) is 2. The number of carbonyl (C=O) groups excluding carboxylic acids is 1. The van der Waals surface area contributed by atoms with Crippen molar-refractivity contribution < 1.29 is 18.0 Å². The summed E-state index contributed by atoms with van der Waals surface area (Å²) in [7, 11) is 0. The van der Waals surface area contributed by atoms with E-state index in [0.29, 0.717) is 19.5 Å². The van der Waals surface area contributed by atoms with Crippen LogP contribution in [-0.4, -0.2) is 22.0 Å². The molecule has 1 fully saturated rings. The zero-order valence-electron chi connectivity index (χ0n) is 15.3. The Hall–Kier alpha value is -2.83. The van der Waals surface area contributed by atoms with Gasteiger partial charge in [-0.15, -0.1) is 0 Å². The average molecular weight is 387 g/mol. The molecule has 1 saturated carbocycles. The number of para-hydroxylation sites is 2. The second-order valence-corrected chi connectivity index (χ2v) is 7.16. The topological polar surface area (TPSA) is 46.9 Å². The van der Waals surface area contributed by atoms with E-state index in [9.17, 15) is 18.0 Å². The Morgan fingerprint density at radius 2 is 1.89 bits per heavy atom. The number of nitrogens with one attached hydrogen (secondary N) is 1. The Balaban J connectivity index is 1.32. The van der Waals surface area contributed by atoms with Crippen LogP contribution in [0.5, 0.6) is 0 Å². The molecule has 0 radical (unpaired) electrons. The number of fused-ring (bicyclic) bond motifs is 1. The van der Waals surface area contributed by atoms with Gasteiger partial charge in [-0.05, 0) is 49.1 Å². The molecule has 0 saturated heterocycles. The van der Waals surface area contributed by atoms with Crippen LogP contribution >= 0.6 is 0 Å². The highest BCUT2D eigenvalue weighted by atomic mass is 19.4. The van der Waals surface area contributed by atoms with Gasteiger partial charge in [0.1, 0.15) is 5.82 Å². The van der Waals surface area contributed by atoms with E-state index in [1.807, 2.05) is 31.2 Å². The number of hydrogen-bond donors (Lipinski definition) is 1. The first-order valence-corrected chi connectivity index (χ1v) is 9.21. The van der Waals surface area contributed by atoms with Crippen molar-refractivity contribution in [1.82, 2.24) is 14.9 Å². The molecule has 3 aromatic rings. The predicted octanol–water partition coefficient (Wildman–Crippen LogP) is 4.28. The Kier molecular flexibility index (Phi) is 4.61. The van der Waals surface area contributed by atoms with Crippen LogP contribution in [0.4, 0.5) is 13.2 Å². The molecular formula is C21H20F3N3O. The maximum Gasteiger partial charge on any atom is 0.416 e. The van der Waals surface area contributed by atoms with Gasteiger partial charge in [-0.3, -0.25) is 4.79 Å². The molecule has 4 rings (SSSR count). The van der Waals surface area contributed by atoms with Crippen molar-refractivity contribution in [3.63, 3.8) is 0 Å². The third kappa shape index (κ3) is 3.61. The van der Waals surface area contributed by atoms with Gasteiger partial charge >= 0.3 is 6.18 Å². The minimum atomic E-state index is -4.34. The van der Waals surface area contributed by atoms with Crippen molar-refractivity contribution in [2.45, 2.75) is 32.0 Å². The SMILES string of the molecule is Cc1nc2ccccc2n1CCNC(=O)C1CC1c1ccc(C(F)(F)F)cc1. The predicted molar refractivity (Wildman–Crippen MR) is 99.8 cm³/mol. The van der Waals surface area contributed by atoms with Gasteiger partial charge in [-0.1, -0.05) is 24.3 Å². The Morgan fingerprint density at radius 3 is 2.61 bits per heavy atom. The number of imidazole rings is 1. The van der Waals surface area contributed by atoms with Crippen molar-refractivity contribution in [3.8, 4) is 0 Å². The minimum Gasteiger partial charge on any atom is -0.354 e. The summed E-state index contributed by atoms with van der Waals surface area (Å²) in [6.07, 6.45) is -3.67. The van der Waals surface area contributed by atoms with Crippen LogP contribution < -0.4 is 5.32 Å². The molecule has 1 aromatic heterocycles. The molecule has 2 aromatic carbocycles. The van der Waals surface area contributed by atoms with Crippen LogP contribution in [0.15, 0.2) is 48.5 Å². The van der Waals surface area contributed by atoms with Crippen molar-refractivity contribution in [3.05, 3.63) is 65.5 Å². The van der Waals surface area contributed by atoms with Gasteiger partial charge in [0, 0.05) is 19.0 Å². The van der Waals surface area contributed by atoms with Gasteiger partial charge in [0.15, 0.2) is 0 Å². The molecule has 2 unspecified atom stereocenters. The summed E-state index contributed by atoms with van der Waals surface area (Å²) in [5, 5.41) is 2.94. The van der Waals surface area contributed by atoms with Crippen LogP contribution in [0.25, 0.3) is 11.0 Å². The lowest BCUT2D eigenvalue weighted by molar-refractivity contribution is -0.137. The van der Waals surface area contributed by atoms with Gasteiger partial charge in [0.25, 0.3) is 0 Å². The number of benzene rings is 2. The first-order valence-electron chi connectivity index (χ1n) is 9.21. The standard InChI is InChI=1S/C21H20F3N3O/c1-13-26-18-4-2-3-5-19(18)27(13)11-10-25-20(28)17-12-16(17)14-6-8-15(9-7-14)21(22,23)24/h2-9,16-17H,10-12H2,1H3,(H,25,28). The third-order valence-corrected chi connectivity index (χ3v) is 5.27. The summed E-state index contributed by atoms with van der Waals surface area (Å²) in [4.78, 5) is 16.9. The van der Waals surface area contributed by atoms with Crippen LogP contribution in [0, 0.1) is 12.8 Å². The van der Waals surface area contributed by atoms with E-state index < -0.39 is 11.7 Å². The number of alkyl halides is 3. The summed E-state index contributed by atoms with van der Waals surface area (Å²) in [6.45, 7) is 3.04. The number of aromatic nitrogens is 2. The normalized spacial score (nSPS) is 19.0. The number of rotatable bonds is 5. The average Bonchev–Trinajstić information content (AvgIpc) is 3.40. The number of hydrogen-bond acceptors (Lipinski definition) is 2. The van der Waals surface area contributed by atoms with Crippen molar-refractivity contribution in [1.29, 1.82) is 0 Å². The Bertz CT molecular complexity index is 1010. The van der Waals surface area contributed by atoms with Crippen LogP contribution in [-0.2, 0) is 17.5 Å². The Labute approximate surface area is 160 Å². The van der Waals surface area contributed by atoms with E-state index in [2.05, 4.69) is 14.9 Å². The van der Waals surface area contributed by atoms with Crippen LogP contribution in [0.1, 0.15) is 29.3 Å². The van der Waals surface area contributed by atoms with Gasteiger partial charge in [0.2, 0.25) is 5.91 Å². The molecule has 1 heterocycles. The van der Waals surface area contributed by atoms with Crippen LogP contribution in [0.3, 0.4) is 0 Å². The van der Waals surface area contributed by atoms with Crippen molar-refractivity contribution in [2.75, 3.05) is 6.54 Å². The molecule has 1 aliphatic rings. The van der Waals surface area contributed by atoms with E-state index in [1.165, 1.54) is 12.1 Å². The van der Waals surface area contributed by atoms with Gasteiger partial charge < -0.3 is 9.88 Å². The largest absolute Gasteiger partial charge is 0.416 e. The van der Waals surface area contributed by atoms with Crippen LogP contribution in [0.2, 0.25) is 0 Å². The highest BCUT2D eigenvalue weighted by Gasteiger charge is 2.44. The second-order valence-electron chi connectivity index (χ2n) is 7.16. The first-order chi connectivity index (χ1) is 13.3. The lowest BCUT2D eigenvalue weighted by Gasteiger charge is -2.09. The molecule has 1 amide bonds. The summed E-state index contributed by atoms with van der Waals surface area (Å²) < 4.78 is 40.0. The zero-order valence-corrected chi connectivity index (χ0v) is 15.3. The Morgan fingerprint density at radius 1 is 1.18 bits per heavy atom. The van der Waals surface area contributed by atoms with E-state index in [4.69, 9.17) is 0 Å². The fourth-order valence-corrected chi connectivity index (χ4v) is 3.67. The summed E-state index contributed by atoms with van der Waals surface area (Å²) in [5.74, 6) is 0.673. The van der Waals surface area contributed by atoms with Gasteiger partial charge in [0.05, 0.1) is 16.6 Å². The quantitative estimate of drug-likeness (QED) is 0.710. The summed E-state index contributed by atoms with van der Waals surface area (Å²) in [6, 6.07) is 13.0. The number of halogens is 3. The van der Waals surface area contributed by atoms with Crippen molar-refractivity contribution in [2.24, 2.45) is 5.92 Å². The first kappa shape index (κ1) is 18.5. The molecule has 0 spiro atoms. The fraction of sp³-hybridized carbons (Fsp3) is 0.333. The molecule has 28 heavy (non-hydrogen) atoms. The second kappa shape index (κ2) is 6.96. The molecule has 4 nitrogen and oxygen atoms in total. The molecule has 7 heteroatoms. The van der Waals surface area contributed by atoms with Gasteiger partial charge in [-0.2, -0.15) is 13.2 Å². The monoisotopic (exact) mass is 387 g/mol. The van der Waals surface area contributed by atoms with E-state index in [0.717, 1.165) is 34.6 Å². The van der Waals surface area contributed by atoms with E-state index in [-0.39, 0.29) is 17.7 Å². The lowest BCUT2D eigenvalue weighted by Crippen LogP contribution is -2.29. The van der Waals surface area contributed by atoms with E-state index in [1.54, 1.807) is 0 Å².